The minimum absolute atomic E-state index is 0.0131. The predicted molar refractivity (Wildman–Crippen MR) is 92.9 cm³/mol. The van der Waals surface area contributed by atoms with Crippen LogP contribution in [0, 0.1) is 5.92 Å². The van der Waals surface area contributed by atoms with Gasteiger partial charge in [-0.25, -0.2) is 4.79 Å². The molecule has 4 atom stereocenters. The maximum Gasteiger partial charge on any atom is 0.328 e. The molecule has 0 aliphatic heterocycles. The van der Waals surface area contributed by atoms with Crippen molar-refractivity contribution in [2.45, 2.75) is 38.4 Å². The van der Waals surface area contributed by atoms with Crippen molar-refractivity contribution < 1.29 is 29.4 Å². The lowest BCUT2D eigenvalue weighted by Gasteiger charge is -2.22. The highest BCUT2D eigenvalue weighted by molar-refractivity contribution is 7.80. The molecule has 0 aromatic rings. The lowest BCUT2D eigenvalue weighted by molar-refractivity contribution is -0.142. The van der Waals surface area contributed by atoms with Crippen LogP contribution in [0.1, 0.15) is 20.3 Å². The van der Waals surface area contributed by atoms with E-state index in [-0.39, 0.29) is 11.7 Å². The van der Waals surface area contributed by atoms with E-state index in [1.54, 1.807) is 0 Å². The average molecular weight is 378 g/mol. The van der Waals surface area contributed by atoms with Gasteiger partial charge >= 0.3 is 5.97 Å². The van der Waals surface area contributed by atoms with Gasteiger partial charge in [0.25, 0.3) is 0 Å². The molecule has 7 N–H and O–H groups in total. The van der Waals surface area contributed by atoms with Gasteiger partial charge < -0.3 is 31.9 Å². The Kier molecular flexibility index (Phi) is 10.8. The number of nitrogens with one attached hydrogen (secondary N) is 3. The Morgan fingerprint density at radius 3 is 2.16 bits per heavy atom. The van der Waals surface area contributed by atoms with E-state index in [0.29, 0.717) is 6.42 Å². The Hall–Kier alpha value is -1.85. The minimum atomic E-state index is -1.46. The van der Waals surface area contributed by atoms with E-state index in [4.69, 9.17) is 15.9 Å². The highest BCUT2D eigenvalue weighted by Gasteiger charge is 2.26. The van der Waals surface area contributed by atoms with E-state index in [2.05, 4.69) is 23.3 Å². The van der Waals surface area contributed by atoms with E-state index in [1.807, 2.05) is 19.2 Å². The Balaban J connectivity index is 4.53. The second kappa shape index (κ2) is 11.7. The summed E-state index contributed by atoms with van der Waals surface area (Å²) in [7, 11) is 0. The number of aliphatic hydroxyl groups excluding tert-OH is 1. The van der Waals surface area contributed by atoms with Gasteiger partial charge in [-0.15, -0.1) is 0 Å². The number of aliphatic carboxylic acids is 1. The van der Waals surface area contributed by atoms with Crippen molar-refractivity contribution in [3.8, 4) is 0 Å². The number of carboxylic acid groups (broad SMARTS) is 1. The Morgan fingerprint density at radius 2 is 1.72 bits per heavy atom. The molecule has 0 aliphatic rings. The number of nitrogens with two attached hydrogens (primary N) is 1. The maximum atomic E-state index is 12.0. The third kappa shape index (κ3) is 8.18. The van der Waals surface area contributed by atoms with E-state index in [0.717, 1.165) is 0 Å². The molecule has 0 aromatic heterocycles. The van der Waals surface area contributed by atoms with Gasteiger partial charge in [0, 0.05) is 5.75 Å². The fourth-order valence-corrected chi connectivity index (χ4v) is 1.95. The number of rotatable bonds is 11. The van der Waals surface area contributed by atoms with E-state index in [9.17, 15) is 19.2 Å². The van der Waals surface area contributed by atoms with E-state index < -0.39 is 55.0 Å². The fraction of sp³-hybridized carbons (Fsp3) is 0.714. The number of hydrogen-bond donors (Lipinski definition) is 7. The van der Waals surface area contributed by atoms with Gasteiger partial charge in [0.15, 0.2) is 0 Å². The van der Waals surface area contributed by atoms with Gasteiger partial charge in [-0.2, -0.15) is 12.6 Å². The van der Waals surface area contributed by atoms with Gasteiger partial charge in [-0.3, -0.25) is 14.4 Å². The van der Waals surface area contributed by atoms with Crippen LogP contribution in [0.5, 0.6) is 0 Å². The molecule has 144 valence electrons. The second-order valence-electron chi connectivity index (χ2n) is 5.51. The van der Waals surface area contributed by atoms with Crippen molar-refractivity contribution >= 4 is 36.3 Å². The monoisotopic (exact) mass is 378 g/mol. The minimum Gasteiger partial charge on any atom is -0.480 e. The summed E-state index contributed by atoms with van der Waals surface area (Å²) in [5, 5.41) is 24.3. The Bertz CT molecular complexity index is 490. The molecule has 3 amide bonds. The van der Waals surface area contributed by atoms with Crippen LogP contribution in [-0.4, -0.2) is 70.9 Å². The lowest BCUT2D eigenvalue weighted by atomic mass is 9.99. The molecule has 0 aliphatic carbocycles. The van der Waals surface area contributed by atoms with E-state index in [1.165, 1.54) is 0 Å². The summed E-state index contributed by atoms with van der Waals surface area (Å²) >= 11 is 3.99. The van der Waals surface area contributed by atoms with Crippen LogP contribution >= 0.6 is 12.6 Å². The number of carbonyl (C=O) groups excluding carboxylic acids is 3. The van der Waals surface area contributed by atoms with Gasteiger partial charge in [-0.05, 0) is 5.92 Å². The van der Waals surface area contributed by atoms with Crippen molar-refractivity contribution in [3.05, 3.63) is 0 Å². The zero-order valence-electron chi connectivity index (χ0n) is 14.2. The first-order chi connectivity index (χ1) is 11.7. The average Bonchev–Trinajstić information content (AvgIpc) is 2.59. The topological polar surface area (TPSA) is 171 Å². The highest BCUT2D eigenvalue weighted by atomic mass is 32.1. The molecule has 0 saturated carbocycles. The van der Waals surface area contributed by atoms with Crippen molar-refractivity contribution in [1.82, 2.24) is 16.0 Å². The predicted octanol–water partition coefficient (Wildman–Crippen LogP) is -2.55. The summed E-state index contributed by atoms with van der Waals surface area (Å²) in [6.45, 7) is 2.40. The second-order valence-corrected chi connectivity index (χ2v) is 5.88. The number of carbonyl (C=O) groups is 4. The summed E-state index contributed by atoms with van der Waals surface area (Å²) in [4.78, 5) is 46.3. The van der Waals surface area contributed by atoms with Crippen LogP contribution in [0.3, 0.4) is 0 Å². The quantitative estimate of drug-likeness (QED) is 0.194. The van der Waals surface area contributed by atoms with Crippen molar-refractivity contribution in [2.24, 2.45) is 11.7 Å². The van der Waals surface area contributed by atoms with Gasteiger partial charge in [0.1, 0.15) is 12.1 Å². The van der Waals surface area contributed by atoms with Gasteiger partial charge in [-0.1, -0.05) is 20.3 Å². The van der Waals surface area contributed by atoms with Crippen molar-refractivity contribution in [2.75, 3.05) is 18.9 Å². The zero-order valence-corrected chi connectivity index (χ0v) is 15.1. The largest absolute Gasteiger partial charge is 0.480 e. The molecule has 0 aromatic carbocycles. The summed E-state index contributed by atoms with van der Waals surface area (Å²) in [6, 6.07) is -3.23. The molecule has 4 unspecified atom stereocenters. The number of thiol groups is 1. The molecule has 0 spiro atoms. The molecule has 0 fully saturated rings. The smallest absolute Gasteiger partial charge is 0.328 e. The molecular formula is C14H26N4O6S. The molecular weight excluding hydrogens is 352 g/mol. The number of amides is 3. The van der Waals surface area contributed by atoms with Crippen LogP contribution in [-0.2, 0) is 19.2 Å². The molecule has 11 heteroatoms. The zero-order chi connectivity index (χ0) is 19.6. The molecule has 0 radical (unpaired) electrons. The lowest BCUT2D eigenvalue weighted by Crippen LogP contribution is -2.55. The summed E-state index contributed by atoms with van der Waals surface area (Å²) in [6.07, 6.45) is 0.697. The normalized spacial score (nSPS) is 15.4. The molecule has 25 heavy (non-hydrogen) atoms. The molecule has 0 heterocycles. The number of aliphatic hydroxyl groups is 1. The Morgan fingerprint density at radius 1 is 1.12 bits per heavy atom. The summed E-state index contributed by atoms with van der Waals surface area (Å²) < 4.78 is 0. The van der Waals surface area contributed by atoms with Crippen molar-refractivity contribution in [1.29, 1.82) is 0 Å². The van der Waals surface area contributed by atoms with Gasteiger partial charge in [0.2, 0.25) is 17.7 Å². The maximum absolute atomic E-state index is 12.0. The summed E-state index contributed by atoms with van der Waals surface area (Å²) in [5.74, 6) is -3.44. The van der Waals surface area contributed by atoms with Crippen LogP contribution in [0.2, 0.25) is 0 Å². The van der Waals surface area contributed by atoms with Gasteiger partial charge in [0.05, 0.1) is 19.2 Å². The number of carboxylic acids is 1. The van der Waals surface area contributed by atoms with Crippen LogP contribution in [0.4, 0.5) is 0 Å². The number of hydrogen-bond acceptors (Lipinski definition) is 7. The Labute approximate surface area is 151 Å². The molecule has 10 nitrogen and oxygen atoms in total. The highest BCUT2D eigenvalue weighted by Crippen LogP contribution is 2.05. The van der Waals surface area contributed by atoms with E-state index >= 15 is 0 Å². The molecule has 0 bridgehead atoms. The molecule has 0 rings (SSSR count). The van der Waals surface area contributed by atoms with Crippen molar-refractivity contribution in [3.63, 3.8) is 0 Å². The van der Waals surface area contributed by atoms with Crippen LogP contribution < -0.4 is 21.7 Å². The summed E-state index contributed by atoms with van der Waals surface area (Å²) in [5.41, 5.74) is 5.78. The third-order valence-electron chi connectivity index (χ3n) is 3.61. The molecule has 0 saturated heterocycles. The first-order valence-electron chi connectivity index (χ1n) is 7.75. The van der Waals surface area contributed by atoms with Crippen LogP contribution in [0.15, 0.2) is 0 Å². The third-order valence-corrected chi connectivity index (χ3v) is 3.98. The first-order valence-corrected chi connectivity index (χ1v) is 8.38. The van der Waals surface area contributed by atoms with Crippen LogP contribution in [0.25, 0.3) is 0 Å². The fourth-order valence-electron chi connectivity index (χ4n) is 1.70. The SMILES string of the molecule is CCC(C)C(N)C(=O)NC(CS)C(=O)NCC(=O)NC(CO)C(=O)O. The standard InChI is InChI=1S/C14H26N4O6S/c1-3-7(2)11(15)13(22)18-9(6-25)12(21)16-4-10(20)17-8(5-19)14(23)24/h7-9,11,19,25H,3-6,15H2,1-2H3,(H,16,21)(H,17,20)(H,18,22)(H,23,24). The first kappa shape index (κ1) is 23.1.